The van der Waals surface area contributed by atoms with Crippen LogP contribution in [0.3, 0.4) is 0 Å². The maximum atomic E-state index is 10.3. The van der Waals surface area contributed by atoms with Crippen LogP contribution in [0.1, 0.15) is 84.0 Å². The van der Waals surface area contributed by atoms with Gasteiger partial charge in [-0.2, -0.15) is 0 Å². The molecule has 0 aliphatic carbocycles. The first-order valence-corrected chi connectivity index (χ1v) is 8.29. The lowest BCUT2D eigenvalue weighted by molar-refractivity contribution is -0.137. The van der Waals surface area contributed by atoms with Crippen molar-refractivity contribution in [1.29, 1.82) is 0 Å². The molecule has 0 unspecified atom stereocenters. The van der Waals surface area contributed by atoms with Crippen molar-refractivity contribution in [2.75, 3.05) is 0 Å². The standard InChI is InChI=1S/C18H32O2/c1-2-3-4-5-6-7-8-9-10-11-12-13-14-15-16-17-18(19)20/h6-7,10-11H,2-5,8-9,12-17H2,1H3,(H,19,20). The summed E-state index contributed by atoms with van der Waals surface area (Å²) in [6.07, 6.45) is 22.3. The zero-order valence-electron chi connectivity index (χ0n) is 13.2. The molecule has 0 aliphatic heterocycles. The predicted molar refractivity (Wildman–Crippen MR) is 87.0 cm³/mol. The topological polar surface area (TPSA) is 37.3 Å². The van der Waals surface area contributed by atoms with Gasteiger partial charge < -0.3 is 5.11 Å². The highest BCUT2D eigenvalue weighted by atomic mass is 16.4. The first-order chi connectivity index (χ1) is 9.77. The van der Waals surface area contributed by atoms with E-state index in [0.717, 1.165) is 38.5 Å². The normalized spacial score (nSPS) is 11.7. The van der Waals surface area contributed by atoms with Crippen molar-refractivity contribution >= 4 is 5.97 Å². The lowest BCUT2D eigenvalue weighted by atomic mass is 10.1. The van der Waals surface area contributed by atoms with Gasteiger partial charge in [0.2, 0.25) is 0 Å². The number of hydrogen-bond acceptors (Lipinski definition) is 1. The van der Waals surface area contributed by atoms with Gasteiger partial charge in [-0.15, -0.1) is 0 Å². The molecule has 0 aromatic carbocycles. The maximum Gasteiger partial charge on any atom is 0.303 e. The van der Waals surface area contributed by atoms with Crippen molar-refractivity contribution in [3.63, 3.8) is 0 Å². The second-order valence-corrected chi connectivity index (χ2v) is 5.36. The van der Waals surface area contributed by atoms with Crippen molar-refractivity contribution in [3.05, 3.63) is 24.3 Å². The summed E-state index contributed by atoms with van der Waals surface area (Å²) < 4.78 is 0. The van der Waals surface area contributed by atoms with E-state index in [4.69, 9.17) is 5.11 Å². The van der Waals surface area contributed by atoms with Crippen LogP contribution in [0.5, 0.6) is 0 Å². The third-order valence-electron chi connectivity index (χ3n) is 3.32. The number of aliphatic carboxylic acids is 1. The van der Waals surface area contributed by atoms with E-state index in [-0.39, 0.29) is 0 Å². The summed E-state index contributed by atoms with van der Waals surface area (Å²) in [7, 11) is 0. The molecule has 2 nitrogen and oxygen atoms in total. The van der Waals surface area contributed by atoms with Gasteiger partial charge in [-0.1, -0.05) is 56.9 Å². The summed E-state index contributed by atoms with van der Waals surface area (Å²) in [5.74, 6) is -0.673. The molecule has 20 heavy (non-hydrogen) atoms. The van der Waals surface area contributed by atoms with Gasteiger partial charge in [0, 0.05) is 6.42 Å². The number of rotatable bonds is 14. The summed E-state index contributed by atoms with van der Waals surface area (Å²) in [5, 5.41) is 8.50. The molecule has 0 aromatic rings. The highest BCUT2D eigenvalue weighted by molar-refractivity contribution is 5.66. The number of carboxylic acid groups (broad SMARTS) is 1. The molecule has 0 aromatic heterocycles. The van der Waals surface area contributed by atoms with Crippen LogP contribution in [-0.4, -0.2) is 11.1 Å². The van der Waals surface area contributed by atoms with Gasteiger partial charge in [-0.3, -0.25) is 4.79 Å². The van der Waals surface area contributed by atoms with Gasteiger partial charge in [0.15, 0.2) is 0 Å². The van der Waals surface area contributed by atoms with Crippen LogP contribution >= 0.6 is 0 Å². The van der Waals surface area contributed by atoms with E-state index >= 15 is 0 Å². The minimum Gasteiger partial charge on any atom is -0.481 e. The van der Waals surface area contributed by atoms with Crippen molar-refractivity contribution < 1.29 is 9.90 Å². The number of carboxylic acids is 1. The maximum absolute atomic E-state index is 10.3. The van der Waals surface area contributed by atoms with Crippen LogP contribution in [-0.2, 0) is 4.79 Å². The predicted octanol–water partition coefficient (Wildman–Crippen LogP) is 5.88. The molecule has 0 saturated carbocycles. The summed E-state index contributed by atoms with van der Waals surface area (Å²) in [6, 6.07) is 0. The van der Waals surface area contributed by atoms with Crippen LogP contribution in [0.2, 0.25) is 0 Å². The molecule has 0 aliphatic rings. The van der Waals surface area contributed by atoms with E-state index in [0.29, 0.717) is 6.42 Å². The van der Waals surface area contributed by atoms with Gasteiger partial charge in [-0.25, -0.2) is 0 Å². The van der Waals surface area contributed by atoms with E-state index in [9.17, 15) is 4.79 Å². The van der Waals surface area contributed by atoms with Crippen LogP contribution in [0, 0.1) is 0 Å². The van der Waals surface area contributed by atoms with Crippen LogP contribution in [0.4, 0.5) is 0 Å². The monoisotopic (exact) mass is 280 g/mol. The quantitative estimate of drug-likeness (QED) is 0.318. The Labute approximate surface area is 125 Å². The van der Waals surface area contributed by atoms with E-state index in [1.54, 1.807) is 0 Å². The number of allylic oxidation sites excluding steroid dienone is 4. The van der Waals surface area contributed by atoms with Crippen LogP contribution in [0.25, 0.3) is 0 Å². The molecule has 2 heteroatoms. The molecule has 0 radical (unpaired) electrons. The Morgan fingerprint density at radius 1 is 0.750 bits per heavy atom. The van der Waals surface area contributed by atoms with E-state index < -0.39 is 5.97 Å². The molecule has 0 bridgehead atoms. The second kappa shape index (κ2) is 16.0. The summed E-state index contributed by atoms with van der Waals surface area (Å²) in [4.78, 5) is 10.3. The Morgan fingerprint density at radius 2 is 1.25 bits per heavy atom. The Kier molecular flexibility index (Phi) is 15.2. The number of unbranched alkanes of at least 4 members (excludes halogenated alkanes) is 8. The summed E-state index contributed by atoms with van der Waals surface area (Å²) in [6.45, 7) is 2.24. The minimum atomic E-state index is -0.673. The van der Waals surface area contributed by atoms with E-state index in [1.807, 2.05) is 0 Å². The molecule has 0 atom stereocenters. The van der Waals surface area contributed by atoms with Gasteiger partial charge in [0.25, 0.3) is 0 Å². The molecular weight excluding hydrogens is 248 g/mol. The molecule has 0 rings (SSSR count). The second-order valence-electron chi connectivity index (χ2n) is 5.36. The molecular formula is C18H32O2. The molecule has 116 valence electrons. The summed E-state index contributed by atoms with van der Waals surface area (Å²) in [5.41, 5.74) is 0. The number of hydrogen-bond donors (Lipinski definition) is 1. The third-order valence-corrected chi connectivity index (χ3v) is 3.32. The zero-order valence-corrected chi connectivity index (χ0v) is 13.2. The molecule has 0 amide bonds. The fourth-order valence-electron chi connectivity index (χ4n) is 2.07. The average Bonchev–Trinajstić information content (AvgIpc) is 2.43. The molecule has 0 fully saturated rings. The van der Waals surface area contributed by atoms with E-state index in [2.05, 4.69) is 31.2 Å². The minimum absolute atomic E-state index is 0.320. The average molecular weight is 280 g/mol. The molecule has 0 saturated heterocycles. The smallest absolute Gasteiger partial charge is 0.303 e. The highest BCUT2D eigenvalue weighted by Gasteiger charge is 1.95. The Morgan fingerprint density at radius 3 is 1.80 bits per heavy atom. The van der Waals surface area contributed by atoms with Crippen molar-refractivity contribution in [1.82, 2.24) is 0 Å². The third kappa shape index (κ3) is 16.9. The van der Waals surface area contributed by atoms with Gasteiger partial charge >= 0.3 is 5.97 Å². The first kappa shape index (κ1) is 18.9. The van der Waals surface area contributed by atoms with Crippen molar-refractivity contribution in [2.45, 2.75) is 84.0 Å². The van der Waals surface area contributed by atoms with Crippen molar-refractivity contribution in [3.8, 4) is 0 Å². The largest absolute Gasteiger partial charge is 0.481 e. The lowest BCUT2D eigenvalue weighted by Crippen LogP contribution is -1.93. The summed E-state index contributed by atoms with van der Waals surface area (Å²) >= 11 is 0. The lowest BCUT2D eigenvalue weighted by Gasteiger charge is -1.96. The van der Waals surface area contributed by atoms with Crippen LogP contribution in [0.15, 0.2) is 24.3 Å². The van der Waals surface area contributed by atoms with E-state index in [1.165, 1.54) is 32.1 Å². The fourth-order valence-corrected chi connectivity index (χ4v) is 2.07. The number of carbonyl (C=O) groups is 1. The molecule has 0 spiro atoms. The van der Waals surface area contributed by atoms with Crippen molar-refractivity contribution in [2.24, 2.45) is 0 Å². The zero-order chi connectivity index (χ0) is 14.9. The Hall–Kier alpha value is -1.05. The Bertz CT molecular complexity index is 267. The van der Waals surface area contributed by atoms with Gasteiger partial charge in [0.05, 0.1) is 0 Å². The van der Waals surface area contributed by atoms with Gasteiger partial charge in [0.1, 0.15) is 0 Å². The Balaban J connectivity index is 3.18. The molecule has 1 N–H and O–H groups in total. The highest BCUT2D eigenvalue weighted by Crippen LogP contribution is 2.06. The SMILES string of the molecule is CCCCCC=CCCC=CCCCCCCC(=O)O. The van der Waals surface area contributed by atoms with Gasteiger partial charge in [-0.05, 0) is 44.9 Å². The molecule has 0 heterocycles. The fraction of sp³-hybridized carbons (Fsp3) is 0.722. The first-order valence-electron chi connectivity index (χ1n) is 8.29. The van der Waals surface area contributed by atoms with Crippen LogP contribution < -0.4 is 0 Å².